The Morgan fingerprint density at radius 1 is 1.03 bits per heavy atom. The zero-order chi connectivity index (χ0) is 24.8. The summed E-state index contributed by atoms with van der Waals surface area (Å²) in [6.07, 6.45) is 5.13. The van der Waals surface area contributed by atoms with Gasteiger partial charge in [-0.1, -0.05) is 61.9 Å². The molecule has 4 rings (SSSR count). The molecule has 0 radical (unpaired) electrons. The number of aromatic nitrogens is 3. The van der Waals surface area contributed by atoms with Crippen molar-refractivity contribution >= 4 is 28.3 Å². The van der Waals surface area contributed by atoms with Gasteiger partial charge in [-0.25, -0.2) is 4.79 Å². The van der Waals surface area contributed by atoms with Gasteiger partial charge in [0.2, 0.25) is 5.91 Å². The fourth-order valence-corrected chi connectivity index (χ4v) is 4.34. The summed E-state index contributed by atoms with van der Waals surface area (Å²) >= 11 is 0. The number of hydrogen-bond donors (Lipinski definition) is 3. The number of hydrogen-bond acceptors (Lipinski definition) is 4. The molecule has 0 saturated carbocycles. The van der Waals surface area contributed by atoms with Gasteiger partial charge >= 0.3 is 5.69 Å². The van der Waals surface area contributed by atoms with Crippen LogP contribution < -0.4 is 21.9 Å². The average molecular weight is 474 g/mol. The van der Waals surface area contributed by atoms with E-state index in [0.717, 1.165) is 41.3 Å². The molecule has 1 amide bonds. The van der Waals surface area contributed by atoms with Crippen LogP contribution in [0, 0.1) is 0 Å². The predicted molar refractivity (Wildman–Crippen MR) is 140 cm³/mol. The molecule has 0 bridgehead atoms. The molecule has 0 aliphatic heterocycles. The van der Waals surface area contributed by atoms with Crippen molar-refractivity contribution in [3.05, 3.63) is 92.8 Å². The highest BCUT2D eigenvalue weighted by Gasteiger charge is 2.24. The van der Waals surface area contributed by atoms with E-state index in [2.05, 4.69) is 16.0 Å². The standard InChI is InChI=1S/C27H31N5O3/c1-2-3-16-31-25(28)24(26(34)30-27(31)35)32(18-19-10-5-4-6-11-19)23(33)15-9-12-20-17-29-22-14-8-7-13-21(20)22/h4-8,10-11,13-14,17,29H,2-3,9,12,15-16,18,28H2,1H3,(H,30,34,35). The number of nitrogens with two attached hydrogens (primary N) is 1. The molecule has 0 fully saturated rings. The van der Waals surface area contributed by atoms with Crippen LogP contribution in [0.5, 0.6) is 0 Å². The average Bonchev–Trinajstić information content (AvgIpc) is 3.27. The number of aromatic amines is 2. The molecular formula is C27H31N5O3. The van der Waals surface area contributed by atoms with Crippen molar-refractivity contribution in [1.29, 1.82) is 0 Å². The van der Waals surface area contributed by atoms with Gasteiger partial charge in [-0.2, -0.15) is 0 Å². The fourth-order valence-electron chi connectivity index (χ4n) is 4.34. The molecule has 0 atom stereocenters. The molecule has 2 heterocycles. The van der Waals surface area contributed by atoms with Gasteiger partial charge in [0.25, 0.3) is 5.56 Å². The van der Waals surface area contributed by atoms with Crippen LogP contribution >= 0.6 is 0 Å². The third kappa shape index (κ3) is 5.37. The van der Waals surface area contributed by atoms with E-state index in [-0.39, 0.29) is 30.4 Å². The molecule has 4 N–H and O–H groups in total. The van der Waals surface area contributed by atoms with Crippen LogP contribution in [0.3, 0.4) is 0 Å². The maximum atomic E-state index is 13.5. The summed E-state index contributed by atoms with van der Waals surface area (Å²) in [6.45, 7) is 2.57. The number of nitrogens with zero attached hydrogens (tertiary/aromatic N) is 2. The Kier molecular flexibility index (Phi) is 7.50. The van der Waals surface area contributed by atoms with E-state index in [0.29, 0.717) is 13.0 Å². The number of H-pyrrole nitrogens is 2. The lowest BCUT2D eigenvalue weighted by Crippen LogP contribution is -2.41. The molecule has 4 aromatic rings. The molecule has 0 saturated heterocycles. The summed E-state index contributed by atoms with van der Waals surface area (Å²) in [5.74, 6) is -0.195. The highest BCUT2D eigenvalue weighted by Crippen LogP contribution is 2.23. The van der Waals surface area contributed by atoms with Crippen molar-refractivity contribution in [2.75, 3.05) is 10.6 Å². The molecule has 2 aromatic carbocycles. The monoisotopic (exact) mass is 473 g/mol. The van der Waals surface area contributed by atoms with Crippen LogP contribution in [-0.2, 0) is 24.3 Å². The van der Waals surface area contributed by atoms with E-state index >= 15 is 0 Å². The van der Waals surface area contributed by atoms with Gasteiger partial charge in [0.1, 0.15) is 5.82 Å². The van der Waals surface area contributed by atoms with E-state index in [1.807, 2.05) is 61.7 Å². The van der Waals surface area contributed by atoms with Crippen molar-refractivity contribution < 1.29 is 4.79 Å². The molecular weight excluding hydrogens is 442 g/mol. The number of benzene rings is 2. The van der Waals surface area contributed by atoms with Gasteiger partial charge < -0.3 is 15.6 Å². The lowest BCUT2D eigenvalue weighted by Gasteiger charge is -2.25. The molecule has 2 aromatic heterocycles. The van der Waals surface area contributed by atoms with Gasteiger partial charge in [-0.05, 0) is 36.5 Å². The van der Waals surface area contributed by atoms with Crippen LogP contribution in [0.2, 0.25) is 0 Å². The first kappa shape index (κ1) is 24.1. The molecule has 182 valence electrons. The van der Waals surface area contributed by atoms with Crippen LogP contribution in [0.15, 0.2) is 70.4 Å². The zero-order valence-electron chi connectivity index (χ0n) is 19.9. The highest BCUT2D eigenvalue weighted by atomic mass is 16.2. The smallest absolute Gasteiger partial charge is 0.330 e. The zero-order valence-corrected chi connectivity index (χ0v) is 19.9. The van der Waals surface area contributed by atoms with E-state index in [1.165, 1.54) is 9.47 Å². The van der Waals surface area contributed by atoms with Crippen molar-refractivity contribution in [2.24, 2.45) is 0 Å². The SMILES string of the molecule is CCCCn1c(N)c(N(Cc2ccccc2)C(=O)CCCc2c[nH]c3ccccc23)c(=O)[nH]c1=O. The number of rotatable bonds is 10. The normalized spacial score (nSPS) is 11.1. The Labute approximate surface area is 203 Å². The molecule has 8 heteroatoms. The molecule has 0 unspecified atom stereocenters. The number of aryl methyl sites for hydroxylation is 1. The molecule has 0 spiro atoms. The minimum absolute atomic E-state index is 0.0214. The lowest BCUT2D eigenvalue weighted by atomic mass is 10.1. The Hall–Kier alpha value is -4.07. The number of carbonyl (C=O) groups is 1. The third-order valence-corrected chi connectivity index (χ3v) is 6.22. The van der Waals surface area contributed by atoms with Crippen LogP contribution in [0.4, 0.5) is 11.5 Å². The Morgan fingerprint density at radius 2 is 1.77 bits per heavy atom. The summed E-state index contributed by atoms with van der Waals surface area (Å²) < 4.78 is 1.34. The molecule has 0 aliphatic carbocycles. The van der Waals surface area contributed by atoms with E-state index < -0.39 is 11.2 Å². The van der Waals surface area contributed by atoms with Crippen molar-refractivity contribution in [3.8, 4) is 0 Å². The number of nitrogen functional groups attached to an aromatic ring is 1. The van der Waals surface area contributed by atoms with Gasteiger partial charge in [0.05, 0.1) is 6.54 Å². The Balaban J connectivity index is 1.61. The number of amides is 1. The fraction of sp³-hybridized carbons (Fsp3) is 0.296. The number of para-hydroxylation sites is 1. The van der Waals surface area contributed by atoms with Crippen molar-refractivity contribution in [3.63, 3.8) is 0 Å². The topological polar surface area (TPSA) is 117 Å². The summed E-state index contributed by atoms with van der Waals surface area (Å²) in [7, 11) is 0. The maximum absolute atomic E-state index is 13.5. The van der Waals surface area contributed by atoms with Crippen LogP contribution in [0.1, 0.15) is 43.7 Å². The quantitative estimate of drug-likeness (QED) is 0.323. The van der Waals surface area contributed by atoms with Gasteiger partial charge in [0, 0.05) is 30.1 Å². The first-order valence-electron chi connectivity index (χ1n) is 12.0. The number of carbonyl (C=O) groups excluding carboxylic acids is 1. The number of unbranched alkanes of at least 4 members (excludes halogenated alkanes) is 1. The Bertz CT molecular complexity index is 1420. The molecule has 0 aliphatic rings. The van der Waals surface area contributed by atoms with E-state index in [4.69, 9.17) is 5.73 Å². The summed E-state index contributed by atoms with van der Waals surface area (Å²) in [5.41, 5.74) is 8.22. The van der Waals surface area contributed by atoms with Crippen molar-refractivity contribution in [1.82, 2.24) is 14.5 Å². The number of anilines is 2. The second-order valence-corrected chi connectivity index (χ2v) is 8.68. The second-order valence-electron chi connectivity index (χ2n) is 8.68. The first-order valence-corrected chi connectivity index (χ1v) is 12.0. The molecule has 35 heavy (non-hydrogen) atoms. The Morgan fingerprint density at radius 3 is 2.54 bits per heavy atom. The van der Waals surface area contributed by atoms with Gasteiger partial charge in [-0.3, -0.25) is 19.1 Å². The van der Waals surface area contributed by atoms with Gasteiger partial charge in [-0.15, -0.1) is 0 Å². The number of nitrogens with one attached hydrogen (secondary N) is 2. The summed E-state index contributed by atoms with van der Waals surface area (Å²) in [4.78, 5) is 45.8. The lowest BCUT2D eigenvalue weighted by molar-refractivity contribution is -0.118. The van der Waals surface area contributed by atoms with Crippen LogP contribution in [0.25, 0.3) is 10.9 Å². The minimum Gasteiger partial charge on any atom is -0.383 e. The van der Waals surface area contributed by atoms with Crippen LogP contribution in [-0.4, -0.2) is 20.4 Å². The first-order chi connectivity index (χ1) is 17.0. The molecule has 8 nitrogen and oxygen atoms in total. The summed E-state index contributed by atoms with van der Waals surface area (Å²) in [5, 5.41) is 1.14. The predicted octanol–water partition coefficient (Wildman–Crippen LogP) is 3.96. The van der Waals surface area contributed by atoms with Gasteiger partial charge in [0.15, 0.2) is 5.69 Å². The van der Waals surface area contributed by atoms with E-state index in [9.17, 15) is 14.4 Å². The van der Waals surface area contributed by atoms with Crippen molar-refractivity contribution in [2.45, 2.75) is 52.1 Å². The highest BCUT2D eigenvalue weighted by molar-refractivity contribution is 5.95. The summed E-state index contributed by atoms with van der Waals surface area (Å²) in [6, 6.07) is 17.5. The van der Waals surface area contributed by atoms with E-state index in [1.54, 1.807) is 0 Å². The minimum atomic E-state index is -0.652. The number of fused-ring (bicyclic) bond motifs is 1. The maximum Gasteiger partial charge on any atom is 0.330 e. The third-order valence-electron chi connectivity index (χ3n) is 6.22. The second kappa shape index (κ2) is 10.9. The largest absolute Gasteiger partial charge is 0.383 e.